The Kier molecular flexibility index (Phi) is 2.99. The van der Waals surface area contributed by atoms with Crippen LogP contribution in [0, 0.1) is 11.3 Å². The van der Waals surface area contributed by atoms with Crippen molar-refractivity contribution in [2.45, 2.75) is 6.36 Å². The molecule has 1 aromatic heterocycles. The second-order valence-corrected chi connectivity index (χ2v) is 2.54. The molecule has 0 amide bonds. The maximum Gasteiger partial charge on any atom is 0.574 e. The summed E-state index contributed by atoms with van der Waals surface area (Å²) in [6, 6.07) is 2.85. The number of aromatic nitrogens is 1. The third-order valence-corrected chi connectivity index (χ3v) is 1.38. The first-order valence-corrected chi connectivity index (χ1v) is 3.73. The molecule has 0 unspecified atom stereocenters. The number of aromatic carboxylic acids is 1. The number of alkyl halides is 3. The largest absolute Gasteiger partial charge is 0.574 e. The van der Waals surface area contributed by atoms with Crippen molar-refractivity contribution in [1.82, 2.24) is 4.98 Å². The monoisotopic (exact) mass is 232 g/mol. The zero-order valence-electron chi connectivity index (χ0n) is 7.45. The average Bonchev–Trinajstić information content (AvgIpc) is 2.14. The van der Waals surface area contributed by atoms with Crippen LogP contribution in [-0.2, 0) is 0 Å². The van der Waals surface area contributed by atoms with E-state index < -0.39 is 29.5 Å². The lowest BCUT2D eigenvalue weighted by Gasteiger charge is -2.08. The number of hydrogen-bond acceptors (Lipinski definition) is 4. The molecule has 1 N–H and O–H groups in total. The maximum atomic E-state index is 11.8. The number of carbonyl (C=O) groups is 1. The number of rotatable bonds is 2. The summed E-state index contributed by atoms with van der Waals surface area (Å²) in [7, 11) is 0. The minimum Gasteiger partial charge on any atom is -0.478 e. The number of carboxylic acid groups (broad SMARTS) is 1. The number of halogens is 3. The van der Waals surface area contributed by atoms with E-state index >= 15 is 0 Å². The topological polar surface area (TPSA) is 83.2 Å². The first-order chi connectivity index (χ1) is 7.31. The van der Waals surface area contributed by atoms with Crippen LogP contribution in [0.25, 0.3) is 0 Å². The third-order valence-electron chi connectivity index (χ3n) is 1.38. The van der Waals surface area contributed by atoms with E-state index in [1.54, 1.807) is 0 Å². The van der Waals surface area contributed by atoms with Crippen molar-refractivity contribution in [1.29, 1.82) is 5.26 Å². The quantitative estimate of drug-likeness (QED) is 0.836. The molecule has 0 bridgehead atoms. The van der Waals surface area contributed by atoms with Gasteiger partial charge in [0.1, 0.15) is 11.8 Å². The van der Waals surface area contributed by atoms with Crippen LogP contribution in [-0.4, -0.2) is 22.4 Å². The fourth-order valence-corrected chi connectivity index (χ4v) is 0.857. The molecule has 0 saturated carbocycles. The van der Waals surface area contributed by atoms with Gasteiger partial charge in [0, 0.05) is 6.07 Å². The molecule has 0 spiro atoms. The minimum absolute atomic E-state index is 0.473. The lowest BCUT2D eigenvalue weighted by atomic mass is 10.2. The van der Waals surface area contributed by atoms with Crippen LogP contribution in [0.4, 0.5) is 13.2 Å². The summed E-state index contributed by atoms with van der Waals surface area (Å²) in [6.45, 7) is 0. The molecule has 16 heavy (non-hydrogen) atoms. The van der Waals surface area contributed by atoms with E-state index in [1.165, 1.54) is 6.07 Å². The van der Waals surface area contributed by atoms with Crippen molar-refractivity contribution < 1.29 is 27.8 Å². The molecule has 0 aliphatic heterocycles. The Morgan fingerprint density at radius 2 is 2.12 bits per heavy atom. The van der Waals surface area contributed by atoms with Gasteiger partial charge in [-0.1, -0.05) is 0 Å². The molecule has 0 saturated heterocycles. The molecule has 0 radical (unpaired) electrons. The summed E-state index contributed by atoms with van der Waals surface area (Å²) in [6.07, 6.45) is -4.99. The number of nitriles is 1. The van der Waals surface area contributed by atoms with Crippen LogP contribution in [0.15, 0.2) is 12.1 Å². The van der Waals surface area contributed by atoms with Crippen molar-refractivity contribution in [2.75, 3.05) is 0 Å². The first-order valence-electron chi connectivity index (χ1n) is 3.73. The number of carboxylic acids is 1. The molecule has 0 atom stereocenters. The summed E-state index contributed by atoms with van der Waals surface area (Å²) < 4.78 is 38.9. The molecule has 8 heteroatoms. The Labute approximate surface area is 86.7 Å². The molecule has 1 rings (SSSR count). The lowest BCUT2D eigenvalue weighted by Crippen LogP contribution is -2.18. The van der Waals surface area contributed by atoms with Gasteiger partial charge in [0.25, 0.3) is 0 Å². The Hall–Kier alpha value is -2.30. The number of hydrogen-bond donors (Lipinski definition) is 1. The average molecular weight is 232 g/mol. The van der Waals surface area contributed by atoms with Crippen molar-refractivity contribution in [3.8, 4) is 11.9 Å². The predicted octanol–water partition coefficient (Wildman–Crippen LogP) is 1.55. The fraction of sp³-hybridized carbons (Fsp3) is 0.125. The van der Waals surface area contributed by atoms with E-state index in [0.29, 0.717) is 6.07 Å². The van der Waals surface area contributed by atoms with E-state index in [9.17, 15) is 18.0 Å². The zero-order chi connectivity index (χ0) is 12.3. The highest BCUT2D eigenvalue weighted by Crippen LogP contribution is 2.22. The van der Waals surface area contributed by atoms with Gasteiger partial charge in [-0.15, -0.1) is 13.2 Å². The Morgan fingerprint density at radius 1 is 1.50 bits per heavy atom. The molecule has 5 nitrogen and oxygen atoms in total. The fourth-order valence-electron chi connectivity index (χ4n) is 0.857. The summed E-state index contributed by atoms with van der Waals surface area (Å²) in [4.78, 5) is 13.7. The van der Waals surface area contributed by atoms with Crippen LogP contribution in [0.2, 0.25) is 0 Å². The van der Waals surface area contributed by atoms with Crippen LogP contribution in [0.3, 0.4) is 0 Å². The van der Waals surface area contributed by atoms with Gasteiger partial charge in [-0.25, -0.2) is 9.78 Å². The Morgan fingerprint density at radius 3 is 2.56 bits per heavy atom. The summed E-state index contributed by atoms with van der Waals surface area (Å²) >= 11 is 0. The van der Waals surface area contributed by atoms with Crippen LogP contribution in [0.1, 0.15) is 16.1 Å². The molecular formula is C8H3F3N2O3. The number of ether oxygens (including phenoxy) is 1. The molecule has 0 aliphatic rings. The van der Waals surface area contributed by atoms with E-state index in [1.807, 2.05) is 0 Å². The summed E-state index contributed by atoms with van der Waals surface area (Å²) in [5.41, 5.74) is -0.982. The van der Waals surface area contributed by atoms with Gasteiger partial charge < -0.3 is 9.84 Å². The van der Waals surface area contributed by atoms with Crippen molar-refractivity contribution in [3.05, 3.63) is 23.4 Å². The van der Waals surface area contributed by atoms with Crippen molar-refractivity contribution >= 4 is 5.97 Å². The molecule has 0 fully saturated rings. The van der Waals surface area contributed by atoms with E-state index in [2.05, 4.69) is 9.72 Å². The van der Waals surface area contributed by atoms with Gasteiger partial charge in [-0.2, -0.15) is 5.26 Å². The summed E-state index contributed by atoms with van der Waals surface area (Å²) in [5.74, 6) is -2.46. The molecule has 1 aromatic rings. The van der Waals surface area contributed by atoms with Crippen molar-refractivity contribution in [3.63, 3.8) is 0 Å². The van der Waals surface area contributed by atoms with Crippen LogP contribution in [0.5, 0.6) is 5.88 Å². The Balaban J connectivity index is 3.16. The standard InChI is InChI=1S/C8H3F3N2O3/c9-8(10,11)16-6-2-4(7(14)15)1-5(3-12)13-6/h1-2H,(H,14,15). The second-order valence-electron chi connectivity index (χ2n) is 2.54. The van der Waals surface area contributed by atoms with Crippen LogP contribution < -0.4 is 4.74 Å². The first kappa shape index (κ1) is 11.8. The van der Waals surface area contributed by atoms with Gasteiger partial charge in [0.2, 0.25) is 5.88 Å². The van der Waals surface area contributed by atoms with Gasteiger partial charge >= 0.3 is 12.3 Å². The molecular weight excluding hydrogens is 229 g/mol. The van der Waals surface area contributed by atoms with E-state index in [4.69, 9.17) is 10.4 Å². The van der Waals surface area contributed by atoms with Gasteiger partial charge in [-0.05, 0) is 6.07 Å². The van der Waals surface area contributed by atoms with E-state index in [0.717, 1.165) is 6.07 Å². The third kappa shape index (κ3) is 3.13. The SMILES string of the molecule is N#Cc1cc(C(=O)O)cc(OC(F)(F)F)n1. The van der Waals surface area contributed by atoms with Gasteiger partial charge in [0.15, 0.2) is 0 Å². The highest BCUT2D eigenvalue weighted by molar-refractivity contribution is 5.88. The van der Waals surface area contributed by atoms with Crippen molar-refractivity contribution in [2.24, 2.45) is 0 Å². The molecule has 0 aliphatic carbocycles. The maximum absolute atomic E-state index is 11.8. The summed E-state index contributed by atoms with van der Waals surface area (Å²) in [5, 5.41) is 17.0. The highest BCUT2D eigenvalue weighted by Gasteiger charge is 2.32. The smallest absolute Gasteiger partial charge is 0.478 e. The molecule has 1 heterocycles. The normalized spacial score (nSPS) is 10.6. The van der Waals surface area contributed by atoms with Gasteiger partial charge in [0.05, 0.1) is 5.56 Å². The number of nitrogens with zero attached hydrogens (tertiary/aromatic N) is 2. The van der Waals surface area contributed by atoms with Gasteiger partial charge in [-0.3, -0.25) is 0 Å². The van der Waals surface area contributed by atoms with Crippen LogP contribution >= 0.6 is 0 Å². The zero-order valence-corrected chi connectivity index (χ0v) is 7.45. The highest BCUT2D eigenvalue weighted by atomic mass is 19.4. The predicted molar refractivity (Wildman–Crippen MR) is 42.6 cm³/mol. The molecule has 84 valence electrons. The molecule has 0 aromatic carbocycles. The van der Waals surface area contributed by atoms with E-state index in [-0.39, 0.29) is 0 Å². The lowest BCUT2D eigenvalue weighted by molar-refractivity contribution is -0.276. The number of pyridine rings is 1. The second kappa shape index (κ2) is 4.06. The minimum atomic E-state index is -4.99. The Bertz CT molecular complexity index is 465.